The molecule has 1 heterocycles. The van der Waals surface area contributed by atoms with Gasteiger partial charge in [0.15, 0.2) is 0 Å². The summed E-state index contributed by atoms with van der Waals surface area (Å²) in [6.07, 6.45) is 4.38. The van der Waals surface area contributed by atoms with Gasteiger partial charge in [0.05, 0.1) is 7.11 Å². The molecule has 112 valence electrons. The normalized spacial score (nSPS) is 23.6. The Hall–Kier alpha value is -1.03. The summed E-state index contributed by atoms with van der Waals surface area (Å²) in [5, 5.41) is 3.50. The Labute approximate surface area is 128 Å². The zero-order valence-electron chi connectivity index (χ0n) is 12.5. The summed E-state index contributed by atoms with van der Waals surface area (Å²) >= 11 is 0. The summed E-state index contributed by atoms with van der Waals surface area (Å²) in [4.78, 5) is 2.51. The lowest BCUT2D eigenvalue weighted by Crippen LogP contribution is -2.54. The Morgan fingerprint density at radius 3 is 2.85 bits per heavy atom. The van der Waals surface area contributed by atoms with Gasteiger partial charge in [0.2, 0.25) is 0 Å². The number of hydrogen-bond donors (Lipinski definition) is 1. The highest BCUT2D eigenvalue weighted by atomic mass is 35.5. The average molecular weight is 297 g/mol. The zero-order valence-corrected chi connectivity index (χ0v) is 13.3. The summed E-state index contributed by atoms with van der Waals surface area (Å²) in [6, 6.07) is 9.29. The van der Waals surface area contributed by atoms with E-state index in [0.29, 0.717) is 12.1 Å². The number of methoxy groups -OCH3 is 1. The number of ether oxygens (including phenoxy) is 1. The van der Waals surface area contributed by atoms with E-state index in [4.69, 9.17) is 4.74 Å². The van der Waals surface area contributed by atoms with Crippen molar-refractivity contribution in [2.75, 3.05) is 26.7 Å². The predicted molar refractivity (Wildman–Crippen MR) is 87.8 cm³/mol. The van der Waals surface area contributed by atoms with E-state index in [1.807, 2.05) is 18.2 Å². The number of halogens is 1. The molecule has 1 aliphatic rings. The van der Waals surface area contributed by atoms with Gasteiger partial charge in [-0.25, -0.2) is 0 Å². The molecule has 2 unspecified atom stereocenters. The minimum absolute atomic E-state index is 0. The predicted octanol–water partition coefficient (Wildman–Crippen LogP) is 2.81. The van der Waals surface area contributed by atoms with Crippen LogP contribution in [0.1, 0.15) is 19.4 Å². The standard InChI is InChI=1S/C16H24N2O.ClH/c1-13-12-18(14(2)11-17-13)10-6-8-15-7-4-5-9-16(15)19-3;/h4-9,13-14,17H,10-12H2,1-3H3;1H/b8-6+;. The molecule has 4 heteroatoms. The second-order valence-corrected chi connectivity index (χ2v) is 5.26. The molecule has 20 heavy (non-hydrogen) atoms. The number of nitrogens with one attached hydrogen (secondary N) is 1. The monoisotopic (exact) mass is 296 g/mol. The maximum Gasteiger partial charge on any atom is 0.126 e. The van der Waals surface area contributed by atoms with Crippen LogP contribution < -0.4 is 10.1 Å². The number of para-hydroxylation sites is 1. The molecule has 0 bridgehead atoms. The number of piperazine rings is 1. The van der Waals surface area contributed by atoms with Crippen LogP contribution in [0.25, 0.3) is 6.08 Å². The fourth-order valence-electron chi connectivity index (χ4n) is 2.47. The number of hydrogen-bond acceptors (Lipinski definition) is 3. The average Bonchev–Trinajstić information content (AvgIpc) is 2.43. The SMILES string of the molecule is COc1ccccc1/C=C/CN1CC(C)NCC1C.Cl. The molecule has 1 fully saturated rings. The van der Waals surface area contributed by atoms with Gasteiger partial charge in [0.1, 0.15) is 5.75 Å². The smallest absolute Gasteiger partial charge is 0.126 e. The van der Waals surface area contributed by atoms with Crippen LogP contribution >= 0.6 is 12.4 Å². The molecule has 1 aromatic carbocycles. The molecule has 0 radical (unpaired) electrons. The van der Waals surface area contributed by atoms with E-state index < -0.39 is 0 Å². The van der Waals surface area contributed by atoms with Gasteiger partial charge < -0.3 is 10.1 Å². The maximum absolute atomic E-state index is 5.35. The third kappa shape index (κ3) is 4.51. The first-order valence-electron chi connectivity index (χ1n) is 6.97. The van der Waals surface area contributed by atoms with Crippen LogP contribution in [-0.4, -0.2) is 43.7 Å². The minimum Gasteiger partial charge on any atom is -0.496 e. The second-order valence-electron chi connectivity index (χ2n) is 5.26. The lowest BCUT2D eigenvalue weighted by molar-refractivity contribution is 0.163. The van der Waals surface area contributed by atoms with Crippen molar-refractivity contribution in [3.63, 3.8) is 0 Å². The van der Waals surface area contributed by atoms with Gasteiger partial charge in [-0.1, -0.05) is 30.4 Å². The topological polar surface area (TPSA) is 24.5 Å². The molecule has 0 spiro atoms. The summed E-state index contributed by atoms with van der Waals surface area (Å²) in [6.45, 7) is 7.69. The van der Waals surface area contributed by atoms with Crippen LogP contribution in [0.3, 0.4) is 0 Å². The maximum atomic E-state index is 5.35. The van der Waals surface area contributed by atoms with E-state index >= 15 is 0 Å². The van der Waals surface area contributed by atoms with Crippen LogP contribution in [-0.2, 0) is 0 Å². The van der Waals surface area contributed by atoms with Crippen LogP contribution in [0.5, 0.6) is 5.75 Å². The number of benzene rings is 1. The van der Waals surface area contributed by atoms with Crippen LogP contribution in [0, 0.1) is 0 Å². The van der Waals surface area contributed by atoms with Crippen molar-refractivity contribution in [1.29, 1.82) is 0 Å². The molecule has 0 aromatic heterocycles. The molecule has 1 aromatic rings. The third-order valence-corrected chi connectivity index (χ3v) is 3.67. The van der Waals surface area contributed by atoms with Gasteiger partial charge in [-0.15, -0.1) is 12.4 Å². The molecule has 3 nitrogen and oxygen atoms in total. The molecular weight excluding hydrogens is 272 g/mol. The fourth-order valence-corrected chi connectivity index (χ4v) is 2.47. The summed E-state index contributed by atoms with van der Waals surface area (Å²) in [5.74, 6) is 0.931. The largest absolute Gasteiger partial charge is 0.496 e. The summed E-state index contributed by atoms with van der Waals surface area (Å²) in [7, 11) is 1.72. The molecule has 1 aliphatic heterocycles. The highest BCUT2D eigenvalue weighted by Gasteiger charge is 2.20. The van der Waals surface area contributed by atoms with Gasteiger partial charge in [0.25, 0.3) is 0 Å². The van der Waals surface area contributed by atoms with Crippen molar-refractivity contribution in [3.05, 3.63) is 35.9 Å². The van der Waals surface area contributed by atoms with E-state index in [9.17, 15) is 0 Å². The molecule has 1 saturated heterocycles. The number of nitrogens with zero attached hydrogens (tertiary/aromatic N) is 1. The Bertz CT molecular complexity index is 436. The molecule has 0 saturated carbocycles. The summed E-state index contributed by atoms with van der Waals surface area (Å²) in [5.41, 5.74) is 1.14. The van der Waals surface area contributed by atoms with Crippen LogP contribution in [0.15, 0.2) is 30.3 Å². The molecule has 1 N–H and O–H groups in total. The second kappa shape index (κ2) is 8.30. The quantitative estimate of drug-likeness (QED) is 0.925. The van der Waals surface area contributed by atoms with Crippen molar-refractivity contribution in [2.24, 2.45) is 0 Å². The van der Waals surface area contributed by atoms with E-state index in [1.54, 1.807) is 7.11 Å². The first kappa shape index (κ1) is 17.0. The molecule has 0 aliphatic carbocycles. The van der Waals surface area contributed by atoms with Gasteiger partial charge in [-0.3, -0.25) is 4.90 Å². The molecule has 2 atom stereocenters. The van der Waals surface area contributed by atoms with Gasteiger partial charge >= 0.3 is 0 Å². The van der Waals surface area contributed by atoms with Crippen molar-refractivity contribution < 1.29 is 4.74 Å². The molecule has 0 amide bonds. The minimum atomic E-state index is 0. The van der Waals surface area contributed by atoms with E-state index in [1.165, 1.54) is 0 Å². The van der Waals surface area contributed by atoms with Gasteiger partial charge in [0, 0.05) is 37.3 Å². The highest BCUT2D eigenvalue weighted by molar-refractivity contribution is 5.85. The van der Waals surface area contributed by atoms with Gasteiger partial charge in [-0.05, 0) is 19.9 Å². The number of rotatable bonds is 4. The third-order valence-electron chi connectivity index (χ3n) is 3.67. The van der Waals surface area contributed by atoms with Crippen molar-refractivity contribution in [1.82, 2.24) is 10.2 Å². The van der Waals surface area contributed by atoms with Crippen LogP contribution in [0.4, 0.5) is 0 Å². The van der Waals surface area contributed by atoms with Crippen molar-refractivity contribution >= 4 is 18.5 Å². The molecular formula is C16H25ClN2O. The zero-order chi connectivity index (χ0) is 13.7. The Morgan fingerprint density at radius 2 is 2.10 bits per heavy atom. The first-order valence-corrected chi connectivity index (χ1v) is 6.97. The first-order chi connectivity index (χ1) is 9.20. The Morgan fingerprint density at radius 1 is 1.35 bits per heavy atom. The van der Waals surface area contributed by atoms with Gasteiger partial charge in [-0.2, -0.15) is 0 Å². The Balaban J connectivity index is 0.00000200. The van der Waals surface area contributed by atoms with Crippen molar-refractivity contribution in [3.8, 4) is 5.75 Å². The van der Waals surface area contributed by atoms with Crippen molar-refractivity contribution in [2.45, 2.75) is 25.9 Å². The Kier molecular flexibility index (Phi) is 7.06. The lowest BCUT2D eigenvalue weighted by atomic mass is 10.1. The highest BCUT2D eigenvalue weighted by Crippen LogP contribution is 2.18. The molecule has 2 rings (SSSR count). The summed E-state index contributed by atoms with van der Waals surface area (Å²) < 4.78 is 5.35. The van der Waals surface area contributed by atoms with E-state index in [2.05, 4.69) is 42.3 Å². The fraction of sp³-hybridized carbons (Fsp3) is 0.500. The van der Waals surface area contributed by atoms with E-state index in [-0.39, 0.29) is 12.4 Å². The van der Waals surface area contributed by atoms with Crippen LogP contribution in [0.2, 0.25) is 0 Å². The lowest BCUT2D eigenvalue weighted by Gasteiger charge is -2.36. The van der Waals surface area contributed by atoms with E-state index in [0.717, 1.165) is 30.9 Å².